The standard InChI is InChI=1S/C8H7N2.3C4H9.Sn/c1-7-2-4-10-5-3-9-8(10)6-7;3*1-3-4-2;/h2-4,6H,1H3;3*1,3-4H2,2H3;. The Labute approximate surface area is 146 Å². The van der Waals surface area contributed by atoms with E-state index in [1.165, 1.54) is 57.4 Å². The Morgan fingerprint density at radius 2 is 1.52 bits per heavy atom. The Bertz CT molecular complexity index is 581. The molecule has 0 fully saturated rings. The second kappa shape index (κ2) is 9.10. The SMILES string of the molecule is CCC[CH2][Sn]([CH2]CCC)([CH2]CCC)[c]1cnc2cc(C)ccn12. The zero-order valence-electron chi connectivity index (χ0n) is 15.6. The molecule has 2 heterocycles. The van der Waals surface area contributed by atoms with E-state index in [1.807, 2.05) is 0 Å². The van der Waals surface area contributed by atoms with Gasteiger partial charge in [0.25, 0.3) is 0 Å². The summed E-state index contributed by atoms with van der Waals surface area (Å²) in [5.74, 6) is 0. The predicted molar refractivity (Wildman–Crippen MR) is 104 cm³/mol. The summed E-state index contributed by atoms with van der Waals surface area (Å²) in [5, 5.41) is 0. The fraction of sp³-hybridized carbons (Fsp3) is 0.650. The number of imidazole rings is 1. The third kappa shape index (κ3) is 4.52. The molecule has 0 unspecified atom stereocenters. The van der Waals surface area contributed by atoms with Crippen LogP contribution < -0.4 is 3.71 Å². The van der Waals surface area contributed by atoms with E-state index in [-0.39, 0.29) is 0 Å². The van der Waals surface area contributed by atoms with E-state index >= 15 is 0 Å². The molecule has 3 heteroatoms. The summed E-state index contributed by atoms with van der Waals surface area (Å²) in [7, 11) is 0. The molecule has 0 atom stereocenters. The van der Waals surface area contributed by atoms with Crippen molar-refractivity contribution in [3.63, 3.8) is 0 Å². The molecule has 0 amide bonds. The molecular formula is C20H34N2Sn. The first-order chi connectivity index (χ1) is 11.2. The van der Waals surface area contributed by atoms with Gasteiger partial charge in [-0.25, -0.2) is 0 Å². The number of aryl methyl sites for hydroxylation is 1. The van der Waals surface area contributed by atoms with Crippen LogP contribution in [0.1, 0.15) is 64.9 Å². The second-order valence-electron chi connectivity index (χ2n) is 7.17. The maximum atomic E-state index is 4.79. The van der Waals surface area contributed by atoms with Gasteiger partial charge >= 0.3 is 147 Å². The molecule has 128 valence electrons. The van der Waals surface area contributed by atoms with Crippen LogP contribution in [0.4, 0.5) is 0 Å². The zero-order chi connectivity index (χ0) is 16.7. The maximum absolute atomic E-state index is 4.79. The van der Waals surface area contributed by atoms with Crippen LogP contribution in [0.5, 0.6) is 0 Å². The first-order valence-corrected chi connectivity index (χ1v) is 17.1. The van der Waals surface area contributed by atoms with Crippen LogP contribution in [-0.4, -0.2) is 27.8 Å². The van der Waals surface area contributed by atoms with Gasteiger partial charge in [0.05, 0.1) is 0 Å². The first kappa shape index (κ1) is 18.8. The number of hydrogen-bond acceptors (Lipinski definition) is 1. The summed E-state index contributed by atoms with van der Waals surface area (Å²) < 4.78 is 8.63. The second-order valence-corrected chi connectivity index (χ2v) is 20.2. The van der Waals surface area contributed by atoms with Gasteiger partial charge in [0.2, 0.25) is 0 Å². The van der Waals surface area contributed by atoms with Crippen molar-refractivity contribution in [2.45, 2.75) is 79.5 Å². The Morgan fingerprint density at radius 3 is 2.04 bits per heavy atom. The number of pyridine rings is 1. The summed E-state index contributed by atoms with van der Waals surface area (Å²) in [6.07, 6.45) is 12.7. The molecule has 2 nitrogen and oxygen atoms in total. The normalized spacial score (nSPS) is 12.2. The first-order valence-electron chi connectivity index (χ1n) is 9.61. The van der Waals surface area contributed by atoms with Gasteiger partial charge in [-0.3, -0.25) is 0 Å². The summed E-state index contributed by atoms with van der Waals surface area (Å²) in [5.41, 5.74) is 2.47. The van der Waals surface area contributed by atoms with Crippen LogP contribution in [0.25, 0.3) is 5.65 Å². The van der Waals surface area contributed by atoms with Crippen LogP contribution in [0.3, 0.4) is 0 Å². The van der Waals surface area contributed by atoms with Crippen molar-refractivity contribution in [3.8, 4) is 0 Å². The zero-order valence-corrected chi connectivity index (χ0v) is 18.4. The topological polar surface area (TPSA) is 17.3 Å². The van der Waals surface area contributed by atoms with Crippen molar-refractivity contribution in [2.24, 2.45) is 0 Å². The van der Waals surface area contributed by atoms with Crippen molar-refractivity contribution in [2.75, 3.05) is 0 Å². The number of nitrogens with zero attached hydrogens (tertiary/aromatic N) is 2. The molecule has 0 N–H and O–H groups in total. The number of unbranched alkanes of at least 4 members (excludes halogenated alkanes) is 3. The number of fused-ring (bicyclic) bond motifs is 1. The molecule has 2 aromatic heterocycles. The van der Waals surface area contributed by atoms with Gasteiger partial charge in [0, 0.05) is 0 Å². The summed E-state index contributed by atoms with van der Waals surface area (Å²) in [6, 6.07) is 4.48. The Kier molecular flexibility index (Phi) is 7.45. The average Bonchev–Trinajstić information content (AvgIpc) is 2.98. The van der Waals surface area contributed by atoms with Crippen molar-refractivity contribution in [1.82, 2.24) is 9.38 Å². The quantitative estimate of drug-likeness (QED) is 0.450. The Balaban J connectivity index is 2.46. The molecule has 0 radical (unpaired) electrons. The summed E-state index contributed by atoms with van der Waals surface area (Å²) >= 11 is -2.37. The van der Waals surface area contributed by atoms with E-state index in [4.69, 9.17) is 4.98 Å². The van der Waals surface area contributed by atoms with Crippen LogP contribution in [0.2, 0.25) is 13.3 Å². The molecule has 0 aliphatic heterocycles. The fourth-order valence-electron chi connectivity index (χ4n) is 3.78. The van der Waals surface area contributed by atoms with Crippen LogP contribution in [0, 0.1) is 6.92 Å². The molecule has 0 bridgehead atoms. The van der Waals surface area contributed by atoms with Gasteiger partial charge in [-0.05, 0) is 0 Å². The number of rotatable bonds is 10. The van der Waals surface area contributed by atoms with Crippen molar-refractivity contribution < 1.29 is 0 Å². The molecule has 0 spiro atoms. The van der Waals surface area contributed by atoms with Gasteiger partial charge in [-0.15, -0.1) is 0 Å². The monoisotopic (exact) mass is 422 g/mol. The number of hydrogen-bond donors (Lipinski definition) is 0. The van der Waals surface area contributed by atoms with Gasteiger partial charge in [0.15, 0.2) is 0 Å². The van der Waals surface area contributed by atoms with Crippen LogP contribution in [0.15, 0.2) is 24.5 Å². The molecule has 2 rings (SSSR count). The third-order valence-electron chi connectivity index (χ3n) is 5.24. The van der Waals surface area contributed by atoms with E-state index in [0.29, 0.717) is 0 Å². The molecule has 2 aromatic rings. The molecule has 0 aliphatic rings. The van der Waals surface area contributed by atoms with Crippen LogP contribution >= 0.6 is 0 Å². The molecule has 0 aromatic carbocycles. The van der Waals surface area contributed by atoms with Crippen molar-refractivity contribution >= 4 is 27.7 Å². The average molecular weight is 421 g/mol. The Hall–Kier alpha value is -0.511. The van der Waals surface area contributed by atoms with E-state index in [2.05, 4.69) is 56.6 Å². The van der Waals surface area contributed by atoms with Gasteiger partial charge in [0.1, 0.15) is 0 Å². The fourth-order valence-corrected chi connectivity index (χ4v) is 19.9. The van der Waals surface area contributed by atoms with Gasteiger partial charge < -0.3 is 0 Å². The predicted octanol–water partition coefficient (Wildman–Crippen LogP) is 5.70. The van der Waals surface area contributed by atoms with E-state index in [1.54, 1.807) is 3.71 Å². The molecular weight excluding hydrogens is 387 g/mol. The Morgan fingerprint density at radius 1 is 0.957 bits per heavy atom. The van der Waals surface area contributed by atoms with Crippen molar-refractivity contribution in [1.29, 1.82) is 0 Å². The van der Waals surface area contributed by atoms with Crippen molar-refractivity contribution in [3.05, 3.63) is 30.1 Å². The summed E-state index contributed by atoms with van der Waals surface area (Å²) in [4.78, 5) is 4.79. The molecule has 0 aliphatic carbocycles. The van der Waals surface area contributed by atoms with Crippen LogP contribution in [-0.2, 0) is 0 Å². The van der Waals surface area contributed by atoms with Gasteiger partial charge in [-0.1, -0.05) is 0 Å². The van der Waals surface area contributed by atoms with E-state index in [9.17, 15) is 0 Å². The number of aromatic nitrogens is 2. The molecule has 0 saturated heterocycles. The van der Waals surface area contributed by atoms with E-state index < -0.39 is 18.4 Å². The molecule has 23 heavy (non-hydrogen) atoms. The van der Waals surface area contributed by atoms with E-state index in [0.717, 1.165) is 5.65 Å². The molecule has 0 saturated carbocycles. The minimum atomic E-state index is -2.37. The third-order valence-corrected chi connectivity index (χ3v) is 20.6. The van der Waals surface area contributed by atoms with Gasteiger partial charge in [-0.2, -0.15) is 0 Å². The minimum absolute atomic E-state index is 1.16. The summed E-state index contributed by atoms with van der Waals surface area (Å²) in [6.45, 7) is 9.19.